The van der Waals surface area contributed by atoms with E-state index in [4.69, 9.17) is 0 Å². The Balaban J connectivity index is 2.08. The van der Waals surface area contributed by atoms with Crippen LogP contribution in [0.2, 0.25) is 0 Å². The van der Waals surface area contributed by atoms with Crippen molar-refractivity contribution in [3.63, 3.8) is 0 Å². The van der Waals surface area contributed by atoms with Gasteiger partial charge in [0, 0.05) is 31.9 Å². The lowest BCUT2D eigenvalue weighted by Crippen LogP contribution is -2.39. The van der Waals surface area contributed by atoms with Gasteiger partial charge in [0.15, 0.2) is 0 Å². The molecule has 1 aliphatic rings. The highest BCUT2D eigenvalue weighted by Gasteiger charge is 2.24. The van der Waals surface area contributed by atoms with Crippen LogP contribution in [0, 0.1) is 0 Å². The normalized spacial score (nSPS) is 18.1. The standard InChI is InChI=1S/C13H21N3O/c1-3-12-14-7-10-16(12)11(2)13(17)15-8-5-4-6-9-15/h7,10-11H,3-6,8-9H2,1-2H3. The van der Waals surface area contributed by atoms with E-state index in [1.807, 2.05) is 22.6 Å². The van der Waals surface area contributed by atoms with E-state index in [2.05, 4.69) is 11.9 Å². The minimum absolute atomic E-state index is 0.120. The van der Waals surface area contributed by atoms with Crippen LogP contribution in [0.1, 0.15) is 45.0 Å². The first kappa shape index (κ1) is 12.1. The summed E-state index contributed by atoms with van der Waals surface area (Å²) in [4.78, 5) is 18.6. The molecule has 2 heterocycles. The summed E-state index contributed by atoms with van der Waals surface area (Å²) >= 11 is 0. The van der Waals surface area contributed by atoms with Gasteiger partial charge >= 0.3 is 0 Å². The Morgan fingerprint density at radius 1 is 1.41 bits per heavy atom. The van der Waals surface area contributed by atoms with E-state index >= 15 is 0 Å². The number of likely N-dealkylation sites (tertiary alicyclic amines) is 1. The van der Waals surface area contributed by atoms with Gasteiger partial charge in [0.05, 0.1) is 0 Å². The second-order valence-corrected chi connectivity index (χ2v) is 4.67. The maximum atomic E-state index is 12.3. The van der Waals surface area contributed by atoms with Gasteiger partial charge in [0.25, 0.3) is 0 Å². The van der Waals surface area contributed by atoms with Crippen LogP contribution in [-0.2, 0) is 11.2 Å². The van der Waals surface area contributed by atoms with Gasteiger partial charge in [0.2, 0.25) is 5.91 Å². The van der Waals surface area contributed by atoms with Crippen molar-refractivity contribution in [3.8, 4) is 0 Å². The Morgan fingerprint density at radius 3 is 2.76 bits per heavy atom. The lowest BCUT2D eigenvalue weighted by molar-refractivity contribution is -0.135. The largest absolute Gasteiger partial charge is 0.341 e. The van der Waals surface area contributed by atoms with Crippen LogP contribution >= 0.6 is 0 Å². The molecule has 0 N–H and O–H groups in total. The van der Waals surface area contributed by atoms with Crippen LogP contribution in [0.3, 0.4) is 0 Å². The van der Waals surface area contributed by atoms with E-state index in [9.17, 15) is 4.79 Å². The summed E-state index contributed by atoms with van der Waals surface area (Å²) in [7, 11) is 0. The van der Waals surface area contributed by atoms with E-state index < -0.39 is 0 Å². The molecule has 1 aromatic rings. The van der Waals surface area contributed by atoms with Crippen LogP contribution in [-0.4, -0.2) is 33.4 Å². The average molecular weight is 235 g/mol. The number of nitrogens with zero attached hydrogens (tertiary/aromatic N) is 3. The highest BCUT2D eigenvalue weighted by atomic mass is 16.2. The second kappa shape index (κ2) is 5.34. The van der Waals surface area contributed by atoms with E-state index in [1.165, 1.54) is 6.42 Å². The molecular weight excluding hydrogens is 214 g/mol. The molecule has 1 aliphatic heterocycles. The molecular formula is C13H21N3O. The van der Waals surface area contributed by atoms with E-state index in [1.54, 1.807) is 6.20 Å². The summed E-state index contributed by atoms with van der Waals surface area (Å²) in [5.74, 6) is 1.22. The highest BCUT2D eigenvalue weighted by Crippen LogP contribution is 2.17. The van der Waals surface area contributed by atoms with Gasteiger partial charge in [-0.1, -0.05) is 6.92 Å². The minimum Gasteiger partial charge on any atom is -0.341 e. The van der Waals surface area contributed by atoms with Crippen molar-refractivity contribution in [2.75, 3.05) is 13.1 Å². The molecule has 4 heteroatoms. The van der Waals surface area contributed by atoms with Gasteiger partial charge in [0.1, 0.15) is 11.9 Å². The summed E-state index contributed by atoms with van der Waals surface area (Å²) in [6.45, 7) is 5.87. The smallest absolute Gasteiger partial charge is 0.245 e. The predicted octanol–water partition coefficient (Wildman–Crippen LogP) is 2.02. The van der Waals surface area contributed by atoms with Gasteiger partial charge in [-0.15, -0.1) is 0 Å². The van der Waals surface area contributed by atoms with Crippen LogP contribution in [0.4, 0.5) is 0 Å². The van der Waals surface area contributed by atoms with Crippen molar-refractivity contribution >= 4 is 5.91 Å². The van der Waals surface area contributed by atoms with Gasteiger partial charge in [-0.2, -0.15) is 0 Å². The number of aryl methyl sites for hydroxylation is 1. The third-order valence-electron chi connectivity index (χ3n) is 3.51. The molecule has 1 amide bonds. The predicted molar refractivity (Wildman–Crippen MR) is 66.7 cm³/mol. The quantitative estimate of drug-likeness (QED) is 0.804. The average Bonchev–Trinajstić information content (AvgIpc) is 2.86. The minimum atomic E-state index is -0.120. The number of rotatable bonds is 3. The zero-order chi connectivity index (χ0) is 12.3. The Bertz CT molecular complexity index is 380. The van der Waals surface area contributed by atoms with Crippen molar-refractivity contribution in [3.05, 3.63) is 18.2 Å². The molecule has 0 aliphatic carbocycles. The summed E-state index contributed by atoms with van der Waals surface area (Å²) in [5, 5.41) is 0. The number of hydrogen-bond acceptors (Lipinski definition) is 2. The molecule has 0 radical (unpaired) electrons. The first-order valence-electron chi connectivity index (χ1n) is 6.54. The number of imidazole rings is 1. The lowest BCUT2D eigenvalue weighted by Gasteiger charge is -2.30. The molecule has 94 valence electrons. The summed E-state index contributed by atoms with van der Waals surface area (Å²) in [6, 6.07) is -0.120. The summed E-state index contributed by atoms with van der Waals surface area (Å²) < 4.78 is 2.00. The number of carbonyl (C=O) groups is 1. The molecule has 0 bridgehead atoms. The Morgan fingerprint density at radius 2 is 2.12 bits per heavy atom. The maximum absolute atomic E-state index is 12.3. The Hall–Kier alpha value is -1.32. The molecule has 1 fully saturated rings. The van der Waals surface area contributed by atoms with Crippen LogP contribution < -0.4 is 0 Å². The monoisotopic (exact) mass is 235 g/mol. The number of amides is 1. The molecule has 1 aromatic heterocycles. The molecule has 0 spiro atoms. The zero-order valence-corrected chi connectivity index (χ0v) is 10.7. The highest BCUT2D eigenvalue weighted by molar-refractivity contribution is 5.80. The van der Waals surface area contributed by atoms with Gasteiger partial charge in [-0.05, 0) is 26.2 Å². The maximum Gasteiger partial charge on any atom is 0.245 e. The van der Waals surface area contributed by atoms with Gasteiger partial charge in [-0.3, -0.25) is 4.79 Å². The van der Waals surface area contributed by atoms with E-state index in [0.29, 0.717) is 0 Å². The molecule has 2 rings (SSSR count). The number of hydrogen-bond donors (Lipinski definition) is 0. The summed E-state index contributed by atoms with van der Waals surface area (Å²) in [5.41, 5.74) is 0. The van der Waals surface area contributed by atoms with Crippen molar-refractivity contribution < 1.29 is 4.79 Å². The zero-order valence-electron chi connectivity index (χ0n) is 10.7. The molecule has 4 nitrogen and oxygen atoms in total. The third-order valence-corrected chi connectivity index (χ3v) is 3.51. The fraction of sp³-hybridized carbons (Fsp3) is 0.692. The first-order valence-corrected chi connectivity index (χ1v) is 6.54. The van der Waals surface area contributed by atoms with Gasteiger partial charge in [-0.25, -0.2) is 4.98 Å². The van der Waals surface area contributed by atoms with Crippen LogP contribution in [0.5, 0.6) is 0 Å². The van der Waals surface area contributed by atoms with Crippen LogP contribution in [0.15, 0.2) is 12.4 Å². The Labute approximate surface area is 103 Å². The van der Waals surface area contributed by atoms with Crippen molar-refractivity contribution in [1.29, 1.82) is 0 Å². The number of carbonyl (C=O) groups excluding carboxylic acids is 1. The molecule has 1 unspecified atom stereocenters. The molecule has 1 saturated heterocycles. The van der Waals surface area contributed by atoms with E-state index in [-0.39, 0.29) is 11.9 Å². The number of piperidine rings is 1. The van der Waals surface area contributed by atoms with Crippen molar-refractivity contribution in [2.24, 2.45) is 0 Å². The van der Waals surface area contributed by atoms with E-state index in [0.717, 1.165) is 38.2 Å². The second-order valence-electron chi connectivity index (χ2n) is 4.67. The lowest BCUT2D eigenvalue weighted by atomic mass is 10.1. The van der Waals surface area contributed by atoms with Gasteiger partial charge < -0.3 is 9.47 Å². The summed E-state index contributed by atoms with van der Waals surface area (Å²) in [6.07, 6.45) is 8.09. The molecule has 17 heavy (non-hydrogen) atoms. The van der Waals surface area contributed by atoms with Crippen LogP contribution in [0.25, 0.3) is 0 Å². The molecule has 0 saturated carbocycles. The van der Waals surface area contributed by atoms with Crippen molar-refractivity contribution in [2.45, 2.75) is 45.6 Å². The molecule has 0 aromatic carbocycles. The third kappa shape index (κ3) is 2.51. The first-order chi connectivity index (χ1) is 8.24. The fourth-order valence-corrected chi connectivity index (χ4v) is 2.47. The SMILES string of the molecule is CCc1nccn1C(C)C(=O)N1CCCCC1. The fourth-order valence-electron chi connectivity index (χ4n) is 2.47. The van der Waals surface area contributed by atoms with Crippen molar-refractivity contribution in [1.82, 2.24) is 14.5 Å². The Kier molecular flexibility index (Phi) is 3.82. The number of aromatic nitrogens is 2. The molecule has 1 atom stereocenters. The topological polar surface area (TPSA) is 38.1 Å².